The molecule has 1 saturated heterocycles. The molecule has 0 spiro atoms. The first-order valence-electron chi connectivity index (χ1n) is 11.5. The van der Waals surface area contributed by atoms with Crippen molar-refractivity contribution in [3.05, 3.63) is 60.1 Å². The van der Waals surface area contributed by atoms with Gasteiger partial charge in [0.1, 0.15) is 5.82 Å². The molecule has 0 radical (unpaired) electrons. The average molecular weight is 454 g/mol. The third-order valence-corrected chi connectivity index (χ3v) is 5.26. The highest BCUT2D eigenvalue weighted by Crippen LogP contribution is 2.14. The number of rotatable bonds is 11. The van der Waals surface area contributed by atoms with Gasteiger partial charge in [-0.3, -0.25) is 9.78 Å². The lowest BCUT2D eigenvalue weighted by Gasteiger charge is -2.31. The summed E-state index contributed by atoms with van der Waals surface area (Å²) in [7, 11) is 2.13. The molecular weight excluding hydrogens is 418 g/mol. The zero-order valence-corrected chi connectivity index (χ0v) is 19.8. The number of nitrogens with zero attached hydrogens (tertiary/aromatic N) is 3. The first-order valence-corrected chi connectivity index (χ1v) is 11.5. The number of amides is 1. The van der Waals surface area contributed by atoms with E-state index in [4.69, 9.17) is 9.57 Å². The normalized spacial score (nSPS) is 16.8. The van der Waals surface area contributed by atoms with Gasteiger partial charge < -0.3 is 15.0 Å². The lowest BCUT2D eigenvalue weighted by atomic mass is 10.0. The summed E-state index contributed by atoms with van der Waals surface area (Å²) in [5.74, 6) is 0.323. The number of likely N-dealkylation sites (N-methyl/N-ethyl adjacent to an activating group) is 1. The van der Waals surface area contributed by atoms with Crippen LogP contribution in [0, 0.1) is 0 Å². The van der Waals surface area contributed by atoms with Gasteiger partial charge in [0.15, 0.2) is 6.29 Å². The monoisotopic (exact) mass is 453 g/mol. The van der Waals surface area contributed by atoms with Crippen LogP contribution in [-0.2, 0) is 20.8 Å². The Kier molecular flexibility index (Phi) is 9.35. The smallest absolute Gasteiger partial charge is 0.267 e. The van der Waals surface area contributed by atoms with Crippen LogP contribution < -0.4 is 10.8 Å². The van der Waals surface area contributed by atoms with E-state index in [2.05, 4.69) is 70.8 Å². The predicted octanol–water partition coefficient (Wildman–Crippen LogP) is 3.43. The SMILES string of the molecule is CN(CCc1ccccc1)CC(C)(C)Nc1cnc(/C=C/C(=O)NOC2CCCCO2)cn1. The van der Waals surface area contributed by atoms with Gasteiger partial charge in [-0.1, -0.05) is 30.3 Å². The van der Waals surface area contributed by atoms with Gasteiger partial charge >= 0.3 is 0 Å². The van der Waals surface area contributed by atoms with E-state index in [-0.39, 0.29) is 17.7 Å². The van der Waals surface area contributed by atoms with Crippen LogP contribution in [0.1, 0.15) is 44.4 Å². The van der Waals surface area contributed by atoms with Crippen molar-refractivity contribution < 1.29 is 14.4 Å². The summed E-state index contributed by atoms with van der Waals surface area (Å²) >= 11 is 0. The minimum atomic E-state index is -0.373. The van der Waals surface area contributed by atoms with Crippen molar-refractivity contribution in [1.82, 2.24) is 20.3 Å². The van der Waals surface area contributed by atoms with Gasteiger partial charge in [0, 0.05) is 37.7 Å². The van der Waals surface area contributed by atoms with E-state index in [1.807, 2.05) is 6.07 Å². The van der Waals surface area contributed by atoms with Crippen LogP contribution in [-0.4, -0.2) is 59.3 Å². The third kappa shape index (κ3) is 9.29. The third-order valence-electron chi connectivity index (χ3n) is 5.26. The molecule has 8 nitrogen and oxygen atoms in total. The van der Waals surface area contributed by atoms with Gasteiger partial charge in [-0.15, -0.1) is 0 Å². The van der Waals surface area contributed by atoms with Crippen LogP contribution in [0.2, 0.25) is 0 Å². The zero-order chi connectivity index (χ0) is 23.5. The van der Waals surface area contributed by atoms with Gasteiger partial charge in [0.05, 0.1) is 18.1 Å². The van der Waals surface area contributed by atoms with E-state index >= 15 is 0 Å². The Morgan fingerprint density at radius 1 is 1.24 bits per heavy atom. The molecule has 1 amide bonds. The molecule has 1 aliphatic rings. The van der Waals surface area contributed by atoms with Crippen molar-refractivity contribution in [3.63, 3.8) is 0 Å². The van der Waals surface area contributed by atoms with Crippen LogP contribution >= 0.6 is 0 Å². The summed E-state index contributed by atoms with van der Waals surface area (Å²) in [5.41, 5.74) is 4.13. The first-order chi connectivity index (χ1) is 15.9. The summed E-state index contributed by atoms with van der Waals surface area (Å²) in [6.07, 6.45) is 9.76. The number of carbonyl (C=O) groups is 1. The molecular formula is C25H35N5O3. The number of nitrogens with one attached hydrogen (secondary N) is 2. The van der Waals surface area contributed by atoms with E-state index in [0.29, 0.717) is 18.1 Å². The highest BCUT2D eigenvalue weighted by atomic mass is 16.8. The van der Waals surface area contributed by atoms with Crippen LogP contribution in [0.4, 0.5) is 5.82 Å². The molecule has 1 fully saturated rings. The lowest BCUT2D eigenvalue weighted by molar-refractivity contribution is -0.198. The Morgan fingerprint density at radius 2 is 2.06 bits per heavy atom. The van der Waals surface area contributed by atoms with Crippen molar-refractivity contribution in [2.75, 3.05) is 32.1 Å². The fourth-order valence-electron chi connectivity index (χ4n) is 3.72. The Bertz CT molecular complexity index is 881. The summed E-state index contributed by atoms with van der Waals surface area (Å²) in [5, 5.41) is 3.44. The number of hydrogen-bond donors (Lipinski definition) is 2. The molecule has 1 aliphatic heterocycles. The molecule has 33 heavy (non-hydrogen) atoms. The molecule has 2 heterocycles. The van der Waals surface area contributed by atoms with Crippen molar-refractivity contribution >= 4 is 17.8 Å². The fourth-order valence-corrected chi connectivity index (χ4v) is 3.72. The second-order valence-corrected chi connectivity index (χ2v) is 9.02. The van der Waals surface area contributed by atoms with E-state index in [9.17, 15) is 4.79 Å². The number of hydroxylamine groups is 1. The Morgan fingerprint density at radius 3 is 2.76 bits per heavy atom. The molecule has 1 aromatic carbocycles. The topological polar surface area (TPSA) is 88.6 Å². The number of benzene rings is 1. The molecule has 1 unspecified atom stereocenters. The molecule has 2 aromatic rings. The van der Waals surface area contributed by atoms with Crippen LogP contribution in [0.3, 0.4) is 0 Å². The number of hydrogen-bond acceptors (Lipinski definition) is 7. The molecule has 3 rings (SSSR count). The second kappa shape index (κ2) is 12.4. The Labute approximate surface area is 196 Å². The second-order valence-electron chi connectivity index (χ2n) is 9.02. The van der Waals surface area contributed by atoms with Crippen LogP contribution in [0.25, 0.3) is 6.08 Å². The number of ether oxygens (including phenoxy) is 1. The standard InChI is InChI=1S/C25H35N5O3/c1-25(2,19-30(3)15-14-20-9-5-4-6-10-20)28-22-18-26-21(17-27-22)12-13-23(31)29-33-24-11-7-8-16-32-24/h4-6,9-10,12-13,17-18,24H,7-8,11,14-16,19H2,1-3H3,(H,27,28)(H,29,31)/b13-12+. The van der Waals surface area contributed by atoms with Gasteiger partial charge in [-0.05, 0) is 51.8 Å². The number of aromatic nitrogens is 2. The van der Waals surface area contributed by atoms with Crippen molar-refractivity contribution in [1.29, 1.82) is 0 Å². The van der Waals surface area contributed by atoms with Gasteiger partial charge in [0.25, 0.3) is 5.91 Å². The Balaban J connectivity index is 1.41. The van der Waals surface area contributed by atoms with E-state index in [1.165, 1.54) is 11.6 Å². The highest BCUT2D eigenvalue weighted by Gasteiger charge is 2.20. The molecule has 1 atom stereocenters. The summed E-state index contributed by atoms with van der Waals surface area (Å²) in [4.78, 5) is 28.3. The van der Waals surface area contributed by atoms with Crippen molar-refractivity contribution in [2.24, 2.45) is 0 Å². The Hall–Kier alpha value is -2.81. The minimum Gasteiger partial charge on any atom is -0.363 e. The van der Waals surface area contributed by atoms with E-state index in [0.717, 1.165) is 38.8 Å². The lowest BCUT2D eigenvalue weighted by Crippen LogP contribution is -2.43. The summed E-state index contributed by atoms with van der Waals surface area (Å²) in [6, 6.07) is 10.5. The molecule has 0 saturated carbocycles. The van der Waals surface area contributed by atoms with E-state index in [1.54, 1.807) is 18.5 Å². The van der Waals surface area contributed by atoms with Crippen LogP contribution in [0.5, 0.6) is 0 Å². The molecule has 1 aromatic heterocycles. The maximum absolute atomic E-state index is 11.9. The molecule has 2 N–H and O–H groups in total. The number of carbonyl (C=O) groups excluding carboxylic acids is 1. The van der Waals surface area contributed by atoms with Crippen LogP contribution in [0.15, 0.2) is 48.8 Å². The van der Waals surface area contributed by atoms with E-state index < -0.39 is 0 Å². The quantitative estimate of drug-likeness (QED) is 0.398. The molecule has 0 bridgehead atoms. The summed E-state index contributed by atoms with van der Waals surface area (Å²) < 4.78 is 5.41. The van der Waals surface area contributed by atoms with Gasteiger partial charge in [0.2, 0.25) is 0 Å². The first kappa shape index (κ1) is 24.8. The molecule has 0 aliphatic carbocycles. The average Bonchev–Trinajstić information content (AvgIpc) is 2.82. The predicted molar refractivity (Wildman–Crippen MR) is 129 cm³/mol. The summed E-state index contributed by atoms with van der Waals surface area (Å²) in [6.45, 7) is 6.77. The fraction of sp³-hybridized carbons (Fsp3) is 0.480. The molecule has 178 valence electrons. The zero-order valence-electron chi connectivity index (χ0n) is 19.8. The van der Waals surface area contributed by atoms with Gasteiger partial charge in [-0.2, -0.15) is 0 Å². The number of anilines is 1. The van der Waals surface area contributed by atoms with Gasteiger partial charge in [-0.25, -0.2) is 15.3 Å². The largest absolute Gasteiger partial charge is 0.363 e. The minimum absolute atomic E-state index is 0.185. The highest BCUT2D eigenvalue weighted by molar-refractivity contribution is 5.90. The maximum Gasteiger partial charge on any atom is 0.267 e. The van der Waals surface area contributed by atoms with Crippen molar-refractivity contribution in [3.8, 4) is 0 Å². The molecule has 8 heteroatoms. The van der Waals surface area contributed by atoms with Crippen molar-refractivity contribution in [2.45, 2.75) is 51.4 Å². The maximum atomic E-state index is 11.9.